The molecule has 1 saturated heterocycles. The van der Waals surface area contributed by atoms with E-state index < -0.39 is 6.10 Å². The van der Waals surface area contributed by atoms with Crippen molar-refractivity contribution < 1.29 is 9.90 Å². The summed E-state index contributed by atoms with van der Waals surface area (Å²) in [4.78, 5) is 18.5. The summed E-state index contributed by atoms with van der Waals surface area (Å²) in [6.45, 7) is 3.33. The number of aliphatic hydroxyl groups is 1. The van der Waals surface area contributed by atoms with Crippen molar-refractivity contribution in [1.29, 1.82) is 0 Å². The minimum Gasteiger partial charge on any atom is -0.391 e. The molecule has 0 saturated carbocycles. The second-order valence-electron chi connectivity index (χ2n) is 6.40. The predicted octanol–water partition coefficient (Wildman–Crippen LogP) is 0.597. The quantitative estimate of drug-likeness (QED) is 0.839. The van der Waals surface area contributed by atoms with Crippen LogP contribution in [0, 0.1) is 12.8 Å². The zero-order valence-electron chi connectivity index (χ0n) is 14.0. The molecule has 7 nitrogen and oxygen atoms in total. The molecule has 2 aromatic rings. The number of anilines is 1. The van der Waals surface area contributed by atoms with Crippen LogP contribution in [-0.4, -0.2) is 56.4 Å². The highest BCUT2D eigenvalue weighted by molar-refractivity contribution is 5.92. The van der Waals surface area contributed by atoms with Gasteiger partial charge >= 0.3 is 0 Å². The van der Waals surface area contributed by atoms with Crippen molar-refractivity contribution >= 4 is 11.6 Å². The van der Waals surface area contributed by atoms with Gasteiger partial charge in [0.2, 0.25) is 5.91 Å². The molecule has 0 aliphatic carbocycles. The molecule has 1 aliphatic rings. The number of amides is 1. The van der Waals surface area contributed by atoms with Gasteiger partial charge in [-0.2, -0.15) is 5.10 Å². The SMILES string of the molecule is Cc1nn(C)cc1NC(=O)CN1C[C@@H](Cc2ccccn2)[C@H](O)C1. The molecule has 1 aliphatic heterocycles. The summed E-state index contributed by atoms with van der Waals surface area (Å²) in [6.07, 6.45) is 3.84. The molecule has 7 heteroatoms. The first kappa shape index (κ1) is 16.6. The van der Waals surface area contributed by atoms with Gasteiger partial charge in [-0.25, -0.2) is 0 Å². The number of rotatable bonds is 5. The fourth-order valence-electron chi connectivity index (χ4n) is 3.17. The lowest BCUT2D eigenvalue weighted by Crippen LogP contribution is -2.32. The standard InChI is InChI=1S/C17H23N5O2/c1-12-15(9-21(2)20-12)19-17(24)11-22-8-13(16(23)10-22)7-14-5-3-4-6-18-14/h3-6,9,13,16,23H,7-8,10-11H2,1-2H3,(H,19,24)/t13-,16-/m1/s1. The van der Waals surface area contributed by atoms with Gasteiger partial charge in [0.1, 0.15) is 0 Å². The minimum absolute atomic E-state index is 0.0863. The Balaban J connectivity index is 1.53. The Morgan fingerprint density at radius 2 is 2.25 bits per heavy atom. The molecule has 2 atom stereocenters. The lowest BCUT2D eigenvalue weighted by atomic mass is 10.00. The van der Waals surface area contributed by atoms with Crippen molar-refractivity contribution in [3.63, 3.8) is 0 Å². The summed E-state index contributed by atoms with van der Waals surface area (Å²) in [7, 11) is 1.82. The zero-order chi connectivity index (χ0) is 17.1. The van der Waals surface area contributed by atoms with Crippen molar-refractivity contribution in [1.82, 2.24) is 19.7 Å². The lowest BCUT2D eigenvalue weighted by molar-refractivity contribution is -0.117. The average Bonchev–Trinajstić information content (AvgIpc) is 3.02. The highest BCUT2D eigenvalue weighted by Gasteiger charge is 2.32. The van der Waals surface area contributed by atoms with E-state index in [1.54, 1.807) is 17.1 Å². The first-order valence-electron chi connectivity index (χ1n) is 8.11. The number of nitrogens with one attached hydrogen (secondary N) is 1. The van der Waals surface area contributed by atoms with Crippen LogP contribution in [0.3, 0.4) is 0 Å². The lowest BCUT2D eigenvalue weighted by Gasteiger charge is -2.15. The van der Waals surface area contributed by atoms with E-state index >= 15 is 0 Å². The van der Waals surface area contributed by atoms with Crippen molar-refractivity contribution in [2.45, 2.75) is 19.4 Å². The van der Waals surface area contributed by atoms with Crippen LogP contribution in [-0.2, 0) is 18.3 Å². The number of likely N-dealkylation sites (tertiary alicyclic amines) is 1. The van der Waals surface area contributed by atoms with Crippen LogP contribution in [0.5, 0.6) is 0 Å². The molecular formula is C17H23N5O2. The molecule has 2 aromatic heterocycles. The molecule has 3 rings (SSSR count). The van der Waals surface area contributed by atoms with E-state index in [1.807, 2.05) is 37.1 Å². The predicted molar refractivity (Wildman–Crippen MR) is 90.5 cm³/mol. The second-order valence-corrected chi connectivity index (χ2v) is 6.40. The van der Waals surface area contributed by atoms with Crippen LogP contribution in [0.1, 0.15) is 11.4 Å². The van der Waals surface area contributed by atoms with Crippen LogP contribution in [0.25, 0.3) is 0 Å². The second kappa shape index (κ2) is 7.11. The molecule has 3 heterocycles. The Bertz CT molecular complexity index is 700. The van der Waals surface area contributed by atoms with Crippen LogP contribution >= 0.6 is 0 Å². The molecule has 1 amide bonds. The number of carbonyl (C=O) groups is 1. The van der Waals surface area contributed by atoms with Gasteiger partial charge in [-0.15, -0.1) is 0 Å². The van der Waals surface area contributed by atoms with Gasteiger partial charge in [0, 0.05) is 44.1 Å². The highest BCUT2D eigenvalue weighted by Crippen LogP contribution is 2.21. The molecule has 0 spiro atoms. The summed E-state index contributed by atoms with van der Waals surface area (Å²) in [6, 6.07) is 5.80. The number of carbonyl (C=O) groups excluding carboxylic acids is 1. The number of hydrogen-bond acceptors (Lipinski definition) is 5. The molecule has 0 bridgehead atoms. The van der Waals surface area contributed by atoms with Crippen LogP contribution < -0.4 is 5.32 Å². The Labute approximate surface area is 141 Å². The summed E-state index contributed by atoms with van der Waals surface area (Å²) in [5.74, 6) is 0.0182. The normalized spacial score (nSPS) is 21.1. The van der Waals surface area contributed by atoms with Gasteiger partial charge in [0.25, 0.3) is 0 Å². The molecule has 1 fully saturated rings. The van der Waals surface area contributed by atoms with Gasteiger partial charge in [-0.05, 0) is 25.5 Å². The number of aliphatic hydroxyl groups excluding tert-OH is 1. The van der Waals surface area contributed by atoms with E-state index in [1.165, 1.54) is 0 Å². The third kappa shape index (κ3) is 3.98. The van der Waals surface area contributed by atoms with Crippen molar-refractivity contribution in [3.05, 3.63) is 42.0 Å². The molecule has 0 unspecified atom stereocenters. The maximum absolute atomic E-state index is 12.2. The van der Waals surface area contributed by atoms with Crippen LogP contribution in [0.4, 0.5) is 5.69 Å². The number of hydrogen-bond donors (Lipinski definition) is 2. The van der Waals surface area contributed by atoms with Gasteiger partial charge in [-0.3, -0.25) is 19.4 Å². The van der Waals surface area contributed by atoms with Gasteiger partial charge < -0.3 is 10.4 Å². The van der Waals surface area contributed by atoms with Crippen molar-refractivity contribution in [2.24, 2.45) is 13.0 Å². The third-order valence-corrected chi connectivity index (χ3v) is 4.33. The number of aryl methyl sites for hydroxylation is 2. The largest absolute Gasteiger partial charge is 0.391 e. The van der Waals surface area contributed by atoms with E-state index in [9.17, 15) is 9.90 Å². The molecule has 0 radical (unpaired) electrons. The van der Waals surface area contributed by atoms with Crippen LogP contribution in [0.2, 0.25) is 0 Å². The first-order valence-corrected chi connectivity index (χ1v) is 8.11. The highest BCUT2D eigenvalue weighted by atomic mass is 16.3. The van der Waals surface area contributed by atoms with Gasteiger partial charge in [0.15, 0.2) is 0 Å². The zero-order valence-corrected chi connectivity index (χ0v) is 14.0. The van der Waals surface area contributed by atoms with E-state index in [0.29, 0.717) is 13.1 Å². The fraction of sp³-hybridized carbons (Fsp3) is 0.471. The Kier molecular flexibility index (Phi) is 4.92. The summed E-state index contributed by atoms with van der Waals surface area (Å²) < 4.78 is 1.67. The first-order chi connectivity index (χ1) is 11.5. The molecule has 128 valence electrons. The molecule has 0 aromatic carbocycles. The minimum atomic E-state index is -0.431. The van der Waals surface area contributed by atoms with E-state index in [-0.39, 0.29) is 18.4 Å². The molecular weight excluding hydrogens is 306 g/mol. The van der Waals surface area contributed by atoms with Crippen molar-refractivity contribution in [2.75, 3.05) is 25.0 Å². The average molecular weight is 329 g/mol. The third-order valence-electron chi connectivity index (χ3n) is 4.33. The number of pyridine rings is 1. The number of aromatic nitrogens is 3. The summed E-state index contributed by atoms with van der Waals surface area (Å²) >= 11 is 0. The van der Waals surface area contributed by atoms with Crippen molar-refractivity contribution in [3.8, 4) is 0 Å². The molecule has 2 N–H and O–H groups in total. The maximum atomic E-state index is 12.2. The van der Waals surface area contributed by atoms with Gasteiger partial charge in [-0.1, -0.05) is 6.07 Å². The van der Waals surface area contributed by atoms with E-state index in [4.69, 9.17) is 0 Å². The van der Waals surface area contributed by atoms with E-state index in [0.717, 1.165) is 23.5 Å². The summed E-state index contributed by atoms with van der Waals surface area (Å²) in [5.41, 5.74) is 2.49. The van der Waals surface area contributed by atoms with Crippen LogP contribution in [0.15, 0.2) is 30.6 Å². The topological polar surface area (TPSA) is 83.3 Å². The number of nitrogens with zero attached hydrogens (tertiary/aromatic N) is 4. The number of β-amino-alcohol motifs (C(OH)–C–C–N with tert-alkyl or cyclic N) is 1. The monoisotopic (exact) mass is 329 g/mol. The molecule has 24 heavy (non-hydrogen) atoms. The maximum Gasteiger partial charge on any atom is 0.238 e. The van der Waals surface area contributed by atoms with E-state index in [2.05, 4.69) is 15.4 Å². The summed E-state index contributed by atoms with van der Waals surface area (Å²) in [5, 5.41) is 17.3. The smallest absolute Gasteiger partial charge is 0.238 e. The Hall–Kier alpha value is -2.25. The Morgan fingerprint density at radius 1 is 1.42 bits per heavy atom. The fourth-order valence-corrected chi connectivity index (χ4v) is 3.17. The van der Waals surface area contributed by atoms with Gasteiger partial charge in [0.05, 0.1) is 24.0 Å². The Morgan fingerprint density at radius 3 is 2.92 bits per heavy atom.